The van der Waals surface area contributed by atoms with Crippen molar-refractivity contribution in [3.05, 3.63) is 62.8 Å². The Morgan fingerprint density at radius 1 is 0.581 bits per heavy atom. The van der Waals surface area contributed by atoms with Crippen LogP contribution in [0.25, 0.3) is 27.9 Å². The number of pyridine rings is 1. The second kappa shape index (κ2) is 19.8. The Labute approximate surface area is 264 Å². The maximum atomic E-state index is 14.4. The zero-order valence-corrected chi connectivity index (χ0v) is 28.7. The highest BCUT2D eigenvalue weighted by molar-refractivity contribution is 5.97. The van der Waals surface area contributed by atoms with Gasteiger partial charge in [0.1, 0.15) is 0 Å². The molecule has 3 aromatic rings. The number of aromatic nitrogens is 1. The second-order valence-electron chi connectivity index (χ2n) is 13.2. The molecule has 0 N–H and O–H groups in total. The molecule has 0 bridgehead atoms. The van der Waals surface area contributed by atoms with Crippen LogP contribution >= 0.6 is 0 Å². The summed E-state index contributed by atoms with van der Waals surface area (Å²) in [6.07, 6.45) is 29.6. The summed E-state index contributed by atoms with van der Waals surface area (Å²) in [5.41, 5.74) is 7.82. The molecule has 238 valence electrons. The normalized spacial score (nSPS) is 11.9. The van der Waals surface area contributed by atoms with Crippen LogP contribution in [0.4, 0.5) is 0 Å². The van der Waals surface area contributed by atoms with E-state index in [4.69, 9.17) is 0 Å². The minimum Gasteiger partial charge on any atom is -0.340 e. The summed E-state index contributed by atoms with van der Waals surface area (Å²) in [6, 6.07) is 9.13. The Balaban J connectivity index is 2.11. The fourth-order valence-corrected chi connectivity index (χ4v) is 6.95. The molecule has 1 aromatic heterocycles. The van der Waals surface area contributed by atoms with E-state index >= 15 is 0 Å². The van der Waals surface area contributed by atoms with Crippen molar-refractivity contribution in [2.75, 3.05) is 0 Å². The van der Waals surface area contributed by atoms with Crippen molar-refractivity contribution in [3.8, 4) is 0 Å². The molecule has 0 spiro atoms. The zero-order valence-electron chi connectivity index (χ0n) is 28.7. The van der Waals surface area contributed by atoms with Crippen LogP contribution in [0.15, 0.2) is 35.1 Å². The average molecular weight is 586 g/mol. The summed E-state index contributed by atoms with van der Waals surface area (Å²) in [7, 11) is 0. The SMILES string of the molecule is CC=Cc1cc(CCCCCCCC)c2c(c1)c(=O)c1cc(C)cc(CCCCCCCC)c1n2CCCCCCCC. The van der Waals surface area contributed by atoms with Crippen LogP contribution in [0.2, 0.25) is 0 Å². The predicted octanol–water partition coefficient (Wildman–Crippen LogP) is 12.7. The Morgan fingerprint density at radius 2 is 1.05 bits per heavy atom. The Bertz CT molecular complexity index is 1330. The fourth-order valence-electron chi connectivity index (χ4n) is 6.95. The highest BCUT2D eigenvalue weighted by atomic mass is 16.1. The Kier molecular flexibility index (Phi) is 16.2. The molecule has 0 aliphatic carbocycles. The summed E-state index contributed by atoms with van der Waals surface area (Å²) >= 11 is 0. The maximum absolute atomic E-state index is 14.4. The third kappa shape index (κ3) is 10.6. The number of allylic oxidation sites excluding steroid dienone is 1. The molecule has 2 nitrogen and oxygen atoms in total. The van der Waals surface area contributed by atoms with Gasteiger partial charge in [0.2, 0.25) is 0 Å². The molecule has 0 saturated heterocycles. The lowest BCUT2D eigenvalue weighted by atomic mass is 9.94. The number of rotatable bonds is 22. The predicted molar refractivity (Wildman–Crippen MR) is 193 cm³/mol. The van der Waals surface area contributed by atoms with E-state index < -0.39 is 0 Å². The number of fused-ring (bicyclic) bond motifs is 2. The van der Waals surface area contributed by atoms with Gasteiger partial charge in [-0.3, -0.25) is 4.79 Å². The highest BCUT2D eigenvalue weighted by Gasteiger charge is 2.18. The fraction of sp³-hybridized carbons (Fsp3) is 0.634. The first-order valence-corrected chi connectivity index (χ1v) is 18.3. The molecule has 0 radical (unpaired) electrons. The monoisotopic (exact) mass is 585 g/mol. The van der Waals surface area contributed by atoms with E-state index in [1.807, 2.05) is 0 Å². The van der Waals surface area contributed by atoms with Crippen molar-refractivity contribution in [3.63, 3.8) is 0 Å². The molecule has 0 saturated carbocycles. The number of nitrogens with zero attached hydrogens (tertiary/aromatic N) is 1. The van der Waals surface area contributed by atoms with Gasteiger partial charge in [-0.25, -0.2) is 0 Å². The number of unbranched alkanes of at least 4 members (excludes halogenated alkanes) is 15. The molecular weight excluding hydrogens is 522 g/mol. The molecule has 0 amide bonds. The van der Waals surface area contributed by atoms with Crippen molar-refractivity contribution in [2.45, 2.75) is 170 Å². The van der Waals surface area contributed by atoms with Crippen LogP contribution in [0.5, 0.6) is 0 Å². The zero-order chi connectivity index (χ0) is 30.9. The van der Waals surface area contributed by atoms with Gasteiger partial charge in [-0.1, -0.05) is 135 Å². The molecule has 0 atom stereocenters. The van der Waals surface area contributed by atoms with E-state index in [0.29, 0.717) is 0 Å². The first-order valence-electron chi connectivity index (χ1n) is 18.3. The molecule has 3 rings (SSSR count). The largest absolute Gasteiger partial charge is 0.340 e. The van der Waals surface area contributed by atoms with E-state index in [0.717, 1.165) is 30.2 Å². The molecule has 0 fully saturated rings. The van der Waals surface area contributed by atoms with Gasteiger partial charge in [0.05, 0.1) is 11.0 Å². The van der Waals surface area contributed by atoms with Gasteiger partial charge < -0.3 is 4.57 Å². The van der Waals surface area contributed by atoms with Crippen LogP contribution in [0.3, 0.4) is 0 Å². The van der Waals surface area contributed by atoms with Crippen molar-refractivity contribution >= 4 is 27.9 Å². The van der Waals surface area contributed by atoms with Crippen LogP contribution in [0, 0.1) is 6.92 Å². The summed E-state index contributed by atoms with van der Waals surface area (Å²) in [6.45, 7) is 12.1. The summed E-state index contributed by atoms with van der Waals surface area (Å²) < 4.78 is 2.61. The lowest BCUT2D eigenvalue weighted by molar-refractivity contribution is 0.568. The van der Waals surface area contributed by atoms with Crippen LogP contribution in [0.1, 0.15) is 166 Å². The number of hydrogen-bond donors (Lipinski definition) is 0. The Morgan fingerprint density at radius 3 is 1.58 bits per heavy atom. The van der Waals surface area contributed by atoms with Crippen molar-refractivity contribution in [2.24, 2.45) is 0 Å². The first kappa shape index (κ1) is 35.1. The quantitative estimate of drug-likeness (QED) is 0.0849. The van der Waals surface area contributed by atoms with Gasteiger partial charge in [0, 0.05) is 17.3 Å². The molecular formula is C41H63NO. The van der Waals surface area contributed by atoms with Crippen molar-refractivity contribution in [1.29, 1.82) is 0 Å². The molecule has 43 heavy (non-hydrogen) atoms. The average Bonchev–Trinajstić information content (AvgIpc) is 3.00. The van der Waals surface area contributed by atoms with Gasteiger partial charge >= 0.3 is 0 Å². The minimum atomic E-state index is 0.229. The molecule has 2 heteroatoms. The topological polar surface area (TPSA) is 22.0 Å². The third-order valence-electron chi connectivity index (χ3n) is 9.27. The van der Waals surface area contributed by atoms with Gasteiger partial charge in [-0.15, -0.1) is 0 Å². The lowest BCUT2D eigenvalue weighted by Gasteiger charge is -2.22. The van der Waals surface area contributed by atoms with E-state index in [2.05, 4.69) is 75.6 Å². The number of hydrogen-bond acceptors (Lipinski definition) is 1. The van der Waals surface area contributed by atoms with Gasteiger partial charge in [-0.05, 0) is 86.4 Å². The Hall–Kier alpha value is -2.35. The van der Waals surface area contributed by atoms with E-state index in [1.54, 1.807) is 0 Å². The van der Waals surface area contributed by atoms with Gasteiger partial charge in [-0.2, -0.15) is 0 Å². The maximum Gasteiger partial charge on any atom is 0.197 e. The van der Waals surface area contributed by atoms with Crippen LogP contribution in [-0.2, 0) is 19.4 Å². The van der Waals surface area contributed by atoms with Crippen LogP contribution in [-0.4, -0.2) is 4.57 Å². The summed E-state index contributed by atoms with van der Waals surface area (Å²) in [5, 5.41) is 1.86. The van der Waals surface area contributed by atoms with Gasteiger partial charge in [0.25, 0.3) is 0 Å². The van der Waals surface area contributed by atoms with Crippen molar-refractivity contribution in [1.82, 2.24) is 4.57 Å². The smallest absolute Gasteiger partial charge is 0.197 e. The molecule has 0 unspecified atom stereocenters. The molecule has 2 aromatic carbocycles. The van der Waals surface area contributed by atoms with E-state index in [1.165, 1.54) is 149 Å². The number of benzene rings is 2. The molecule has 0 aliphatic heterocycles. The van der Waals surface area contributed by atoms with E-state index in [-0.39, 0.29) is 5.43 Å². The summed E-state index contributed by atoms with van der Waals surface area (Å²) in [4.78, 5) is 14.4. The first-order chi connectivity index (χ1) is 21.0. The number of aryl methyl sites for hydroxylation is 4. The second-order valence-corrected chi connectivity index (χ2v) is 13.2. The summed E-state index contributed by atoms with van der Waals surface area (Å²) in [5.74, 6) is 0. The lowest BCUT2D eigenvalue weighted by Crippen LogP contribution is -2.16. The van der Waals surface area contributed by atoms with Crippen LogP contribution < -0.4 is 5.43 Å². The molecule has 0 aliphatic rings. The van der Waals surface area contributed by atoms with E-state index in [9.17, 15) is 4.79 Å². The third-order valence-corrected chi connectivity index (χ3v) is 9.27. The minimum absolute atomic E-state index is 0.229. The van der Waals surface area contributed by atoms with Crippen molar-refractivity contribution < 1.29 is 0 Å². The highest BCUT2D eigenvalue weighted by Crippen LogP contribution is 2.30. The molecule has 1 heterocycles. The standard InChI is InChI=1S/C41H63NO/c1-6-10-13-16-19-22-26-35-29-33(5)30-37-39(35)42(28-24-21-18-15-12-8-3)40-36(27-23-20-17-14-11-7-2)31-34(25-9-4)32-38(40)41(37)43/h9,25,29-32H,6-8,10-24,26-28H2,1-5H3. The van der Waals surface area contributed by atoms with Gasteiger partial charge in [0.15, 0.2) is 5.43 Å².